The molecule has 17 heteroatoms. The zero-order valence-electron chi connectivity index (χ0n) is 31.4. The van der Waals surface area contributed by atoms with Crippen molar-refractivity contribution in [2.75, 3.05) is 36.4 Å². The Labute approximate surface area is 317 Å². The number of H-pyrrole nitrogens is 1. The second kappa shape index (κ2) is 14.4. The number of nitrogens with one attached hydrogen (secondary N) is 3. The number of ether oxygens (including phenoxy) is 1. The molecule has 0 radical (unpaired) electrons. The lowest BCUT2D eigenvalue weighted by Gasteiger charge is -2.39. The number of aryl methyl sites for hydroxylation is 1. The fourth-order valence-corrected chi connectivity index (χ4v) is 8.26. The van der Waals surface area contributed by atoms with Gasteiger partial charge in [0.05, 0.1) is 29.6 Å². The Balaban J connectivity index is 0.855. The molecule has 1 aromatic carbocycles. The highest BCUT2D eigenvalue weighted by molar-refractivity contribution is 6.24. The summed E-state index contributed by atoms with van der Waals surface area (Å²) in [6.07, 6.45) is 8.07. The van der Waals surface area contributed by atoms with E-state index in [4.69, 9.17) is 9.84 Å². The number of fused-ring (bicyclic) bond motifs is 2. The molecule has 3 saturated heterocycles. The molecule has 288 valence electrons. The molecule has 3 fully saturated rings. The number of rotatable bonds is 9. The van der Waals surface area contributed by atoms with E-state index in [-0.39, 0.29) is 53.9 Å². The molecular weight excluding hydrogens is 706 g/mol. The number of hydrogen-bond donors (Lipinski definition) is 3. The van der Waals surface area contributed by atoms with Crippen LogP contribution >= 0.6 is 0 Å². The predicted octanol–water partition coefficient (Wildman–Crippen LogP) is 2.97. The number of likely N-dealkylation sites (tertiary alicyclic amines) is 1. The van der Waals surface area contributed by atoms with Gasteiger partial charge in [-0.1, -0.05) is 6.92 Å². The van der Waals surface area contributed by atoms with Crippen molar-refractivity contribution in [2.45, 2.75) is 84.4 Å². The first-order valence-electron chi connectivity index (χ1n) is 19.0. The van der Waals surface area contributed by atoms with Crippen molar-refractivity contribution in [3.8, 4) is 17.1 Å². The number of imide groups is 2. The summed E-state index contributed by atoms with van der Waals surface area (Å²) in [6.45, 7) is 10.6. The molecule has 7 heterocycles. The standard InChI is InChI=1S/C38H45N11O6/c1-20(2)55-37-33(24-16-40-41-17-24)39-18-30-43-38(45-49(30)37)42-27-9-12-47(19-22(27)4)32(51)14-23-7-10-46(11-8-23)29-15-26-25(13-21(29)3)35(53)48(36(26)54)28-5-6-31(50)44-34(28)52/h13,15-18,20,22-23,27-28H,5-12,14,19H2,1-4H3,(H,40,41)(H,42,45)(H,44,50,52)/t22-,27+,28?/m1/s1. The summed E-state index contributed by atoms with van der Waals surface area (Å²) < 4.78 is 7.79. The number of carbonyl (C=O) groups is 5. The van der Waals surface area contributed by atoms with Gasteiger partial charge in [-0.3, -0.25) is 39.3 Å². The molecule has 0 saturated carbocycles. The lowest BCUT2D eigenvalue weighted by atomic mass is 9.90. The van der Waals surface area contributed by atoms with E-state index < -0.39 is 29.7 Å². The van der Waals surface area contributed by atoms with Gasteiger partial charge in [0.15, 0.2) is 5.65 Å². The van der Waals surface area contributed by atoms with Gasteiger partial charge < -0.3 is 19.9 Å². The number of carbonyl (C=O) groups excluding carboxylic acids is 5. The van der Waals surface area contributed by atoms with Crippen LogP contribution < -0.4 is 20.3 Å². The van der Waals surface area contributed by atoms with E-state index in [1.54, 1.807) is 35.2 Å². The Hall–Kier alpha value is -5.87. The Morgan fingerprint density at radius 1 is 1.02 bits per heavy atom. The van der Waals surface area contributed by atoms with Gasteiger partial charge >= 0.3 is 0 Å². The van der Waals surface area contributed by atoms with Gasteiger partial charge in [0.2, 0.25) is 29.5 Å². The van der Waals surface area contributed by atoms with Crippen LogP contribution in [0.3, 0.4) is 0 Å². The Kier molecular flexibility index (Phi) is 9.47. The van der Waals surface area contributed by atoms with Crippen LogP contribution in [0, 0.1) is 18.8 Å². The third-order valence-corrected chi connectivity index (χ3v) is 11.2. The predicted molar refractivity (Wildman–Crippen MR) is 199 cm³/mol. The van der Waals surface area contributed by atoms with Crippen molar-refractivity contribution in [3.63, 3.8) is 0 Å². The van der Waals surface area contributed by atoms with E-state index >= 15 is 0 Å². The van der Waals surface area contributed by atoms with E-state index in [0.717, 1.165) is 41.0 Å². The van der Waals surface area contributed by atoms with Crippen molar-refractivity contribution < 1.29 is 28.7 Å². The minimum atomic E-state index is -1.000. The summed E-state index contributed by atoms with van der Waals surface area (Å²) >= 11 is 0. The zero-order valence-corrected chi connectivity index (χ0v) is 31.4. The van der Waals surface area contributed by atoms with Crippen LogP contribution in [0.4, 0.5) is 11.6 Å². The van der Waals surface area contributed by atoms with Crippen molar-refractivity contribution in [1.82, 2.24) is 44.9 Å². The number of amides is 5. The maximum atomic E-state index is 13.6. The number of hydrogen-bond acceptors (Lipinski definition) is 12. The summed E-state index contributed by atoms with van der Waals surface area (Å²) in [4.78, 5) is 78.8. The number of piperidine rings is 3. The molecule has 55 heavy (non-hydrogen) atoms. The molecule has 3 aromatic heterocycles. The summed E-state index contributed by atoms with van der Waals surface area (Å²) in [5.74, 6) is -0.521. The van der Waals surface area contributed by atoms with Crippen molar-refractivity contribution in [2.24, 2.45) is 11.8 Å². The SMILES string of the molecule is Cc1cc2c(cc1N1CCC(CC(=O)N3CC[C@H](Nc4nc5cnc(-c6cn[nH]c6)c(OC(C)C)n5n4)[C@H](C)C3)CC1)C(=O)N(C1CCC(=O)NC1=O)C2=O. The van der Waals surface area contributed by atoms with Crippen LogP contribution in [-0.2, 0) is 14.4 Å². The number of anilines is 2. The summed E-state index contributed by atoms with van der Waals surface area (Å²) in [7, 11) is 0. The number of nitrogens with zero attached hydrogens (tertiary/aromatic N) is 8. The normalized spacial score (nSPS) is 22.1. The van der Waals surface area contributed by atoms with Gasteiger partial charge in [-0.15, -0.1) is 5.10 Å². The molecule has 4 aliphatic rings. The van der Waals surface area contributed by atoms with Gasteiger partial charge in [-0.25, -0.2) is 4.98 Å². The highest BCUT2D eigenvalue weighted by Crippen LogP contribution is 2.36. The van der Waals surface area contributed by atoms with Crippen LogP contribution in [0.1, 0.15) is 85.6 Å². The molecule has 4 aromatic rings. The molecule has 1 unspecified atom stereocenters. The maximum Gasteiger partial charge on any atom is 0.262 e. The largest absolute Gasteiger partial charge is 0.473 e. The van der Waals surface area contributed by atoms with Crippen LogP contribution in [0.2, 0.25) is 0 Å². The molecule has 17 nitrogen and oxygen atoms in total. The lowest BCUT2D eigenvalue weighted by molar-refractivity contribution is -0.136. The van der Waals surface area contributed by atoms with Crippen molar-refractivity contribution >= 4 is 46.8 Å². The van der Waals surface area contributed by atoms with Crippen LogP contribution in [0.25, 0.3) is 16.9 Å². The second-order valence-electron chi connectivity index (χ2n) is 15.4. The van der Waals surface area contributed by atoms with E-state index in [9.17, 15) is 24.0 Å². The minimum Gasteiger partial charge on any atom is -0.473 e. The molecule has 3 atom stereocenters. The molecule has 8 rings (SSSR count). The van der Waals surface area contributed by atoms with Crippen LogP contribution in [0.5, 0.6) is 5.88 Å². The smallest absolute Gasteiger partial charge is 0.262 e. The Morgan fingerprint density at radius 3 is 2.47 bits per heavy atom. The van der Waals surface area contributed by atoms with Crippen molar-refractivity contribution in [3.05, 3.63) is 47.4 Å². The monoisotopic (exact) mass is 751 g/mol. The summed E-state index contributed by atoms with van der Waals surface area (Å²) in [6, 6.07) is 2.57. The van der Waals surface area contributed by atoms with E-state index in [0.29, 0.717) is 55.8 Å². The first kappa shape index (κ1) is 36.1. The molecule has 5 amide bonds. The van der Waals surface area contributed by atoms with E-state index in [2.05, 4.69) is 42.6 Å². The third kappa shape index (κ3) is 6.87. The second-order valence-corrected chi connectivity index (χ2v) is 15.4. The maximum absolute atomic E-state index is 13.6. The Bertz CT molecular complexity index is 2170. The molecule has 3 N–H and O–H groups in total. The molecule has 0 spiro atoms. The quantitative estimate of drug-likeness (QED) is 0.212. The van der Waals surface area contributed by atoms with Crippen LogP contribution in [-0.4, -0.2) is 113 Å². The van der Waals surface area contributed by atoms with Crippen LogP contribution in [0.15, 0.2) is 30.7 Å². The first-order valence-corrected chi connectivity index (χ1v) is 19.0. The van der Waals surface area contributed by atoms with Gasteiger partial charge in [-0.05, 0) is 76.0 Å². The number of benzene rings is 1. The average molecular weight is 752 g/mol. The average Bonchev–Trinajstić information content (AvgIpc) is 3.89. The third-order valence-electron chi connectivity index (χ3n) is 11.2. The van der Waals surface area contributed by atoms with Crippen molar-refractivity contribution in [1.29, 1.82) is 0 Å². The summed E-state index contributed by atoms with van der Waals surface area (Å²) in [5.41, 5.74) is 4.25. The first-order chi connectivity index (χ1) is 26.4. The van der Waals surface area contributed by atoms with Gasteiger partial charge in [0.25, 0.3) is 11.8 Å². The highest BCUT2D eigenvalue weighted by Gasteiger charge is 2.45. The minimum absolute atomic E-state index is 0.0747. The lowest BCUT2D eigenvalue weighted by Crippen LogP contribution is -2.54. The topological polar surface area (TPSA) is 200 Å². The number of aromatic nitrogens is 6. The molecular formula is C38H45N11O6. The number of aromatic amines is 1. The zero-order chi connectivity index (χ0) is 38.5. The fraction of sp³-hybridized carbons (Fsp3) is 0.500. The molecule has 4 aliphatic heterocycles. The van der Waals surface area contributed by atoms with Gasteiger partial charge in [0, 0.05) is 62.5 Å². The molecule has 0 aliphatic carbocycles. The summed E-state index contributed by atoms with van der Waals surface area (Å²) in [5, 5.41) is 17.3. The molecule has 0 bridgehead atoms. The fourth-order valence-electron chi connectivity index (χ4n) is 8.26. The highest BCUT2D eigenvalue weighted by atomic mass is 16.5. The van der Waals surface area contributed by atoms with Gasteiger partial charge in [0.1, 0.15) is 11.7 Å². The van der Waals surface area contributed by atoms with Gasteiger partial charge in [-0.2, -0.15) is 14.6 Å². The van der Waals surface area contributed by atoms with E-state index in [1.807, 2.05) is 25.7 Å². The Morgan fingerprint density at radius 2 is 1.78 bits per heavy atom. The van der Waals surface area contributed by atoms with E-state index in [1.165, 1.54) is 0 Å².